The number of amides is 1. The summed E-state index contributed by atoms with van der Waals surface area (Å²) in [5, 5.41) is 3.52. The molecule has 22 heavy (non-hydrogen) atoms. The van der Waals surface area contributed by atoms with Gasteiger partial charge in [-0.2, -0.15) is 0 Å². The predicted octanol–water partition coefficient (Wildman–Crippen LogP) is 1.92. The molecule has 1 aliphatic rings. The maximum atomic E-state index is 13.3. The van der Waals surface area contributed by atoms with E-state index < -0.39 is 20.6 Å². The fourth-order valence-corrected chi connectivity index (χ4v) is 4.38. The van der Waals surface area contributed by atoms with E-state index in [9.17, 15) is 17.6 Å². The maximum Gasteiger partial charge on any atom is 0.268 e. The van der Waals surface area contributed by atoms with E-state index >= 15 is 0 Å². The third kappa shape index (κ3) is 2.03. The number of sulfone groups is 1. The van der Waals surface area contributed by atoms with Crippen molar-refractivity contribution >= 4 is 26.6 Å². The molecule has 1 fully saturated rings. The van der Waals surface area contributed by atoms with Gasteiger partial charge in [0.1, 0.15) is 11.5 Å². The number of carbonyl (C=O) groups is 1. The van der Waals surface area contributed by atoms with Crippen LogP contribution < -0.4 is 5.32 Å². The normalized spacial score (nSPS) is 22.3. The third-order valence-electron chi connectivity index (χ3n) is 4.58. The molecular formula is C15H17FN2O3S. The summed E-state index contributed by atoms with van der Waals surface area (Å²) in [7, 11) is -3.15. The molecule has 7 heteroatoms. The standard InChI is InChI=1S/C15H17FN2O3S/c1-8-10-5-4-9(16)6-11(10)17-13(8)14(19)18-12-7-22(20,21)15(12,2)3/h4-6,12,17H,7H2,1-3H3,(H,18,19). The molecule has 1 aromatic heterocycles. The lowest BCUT2D eigenvalue weighted by molar-refractivity contribution is 0.0924. The fraction of sp³-hybridized carbons (Fsp3) is 0.400. The van der Waals surface area contributed by atoms with Gasteiger partial charge in [-0.15, -0.1) is 0 Å². The number of hydrogen-bond donors (Lipinski definition) is 2. The maximum absolute atomic E-state index is 13.3. The van der Waals surface area contributed by atoms with E-state index in [2.05, 4.69) is 10.3 Å². The van der Waals surface area contributed by atoms with Crippen LogP contribution in [0.5, 0.6) is 0 Å². The van der Waals surface area contributed by atoms with Gasteiger partial charge in [0.15, 0.2) is 9.84 Å². The Morgan fingerprint density at radius 1 is 1.41 bits per heavy atom. The number of rotatable bonds is 2. The third-order valence-corrected chi connectivity index (χ3v) is 7.24. The Labute approximate surface area is 127 Å². The van der Waals surface area contributed by atoms with Crippen LogP contribution in [0.1, 0.15) is 29.9 Å². The van der Waals surface area contributed by atoms with Gasteiger partial charge >= 0.3 is 0 Å². The molecule has 1 saturated heterocycles. The molecule has 2 heterocycles. The lowest BCUT2D eigenvalue weighted by Gasteiger charge is -2.43. The van der Waals surface area contributed by atoms with Crippen molar-refractivity contribution in [3.05, 3.63) is 35.3 Å². The SMILES string of the molecule is Cc1c(C(=O)NC2CS(=O)(=O)C2(C)C)[nH]c2cc(F)ccc12. The Morgan fingerprint density at radius 2 is 2.09 bits per heavy atom. The molecule has 5 nitrogen and oxygen atoms in total. The molecule has 0 aliphatic carbocycles. The van der Waals surface area contributed by atoms with E-state index in [0.717, 1.165) is 5.39 Å². The van der Waals surface area contributed by atoms with E-state index in [0.29, 0.717) is 16.8 Å². The first-order chi connectivity index (χ1) is 10.1. The monoisotopic (exact) mass is 324 g/mol. The average Bonchev–Trinajstić information content (AvgIpc) is 2.74. The summed E-state index contributed by atoms with van der Waals surface area (Å²) in [5.74, 6) is -0.811. The molecule has 0 radical (unpaired) electrons. The summed E-state index contributed by atoms with van der Waals surface area (Å²) >= 11 is 0. The van der Waals surface area contributed by atoms with Crippen molar-refractivity contribution in [2.45, 2.75) is 31.6 Å². The minimum Gasteiger partial charge on any atom is -0.350 e. The zero-order chi connectivity index (χ0) is 16.3. The topological polar surface area (TPSA) is 79.0 Å². The molecule has 1 aliphatic heterocycles. The second kappa shape index (κ2) is 4.55. The van der Waals surface area contributed by atoms with Gasteiger partial charge < -0.3 is 10.3 Å². The molecule has 3 rings (SSSR count). The molecule has 0 bridgehead atoms. The molecule has 2 aromatic rings. The number of H-pyrrole nitrogens is 1. The number of carbonyl (C=O) groups excluding carboxylic acids is 1. The van der Waals surface area contributed by atoms with Gasteiger partial charge in [0.2, 0.25) is 0 Å². The van der Waals surface area contributed by atoms with Gasteiger partial charge in [0.25, 0.3) is 5.91 Å². The second-order valence-electron chi connectivity index (χ2n) is 6.23. The number of benzene rings is 1. The van der Waals surface area contributed by atoms with Crippen LogP contribution in [0, 0.1) is 12.7 Å². The van der Waals surface area contributed by atoms with Crippen molar-refractivity contribution in [3.63, 3.8) is 0 Å². The van der Waals surface area contributed by atoms with Crippen LogP contribution in [0.25, 0.3) is 10.9 Å². The van der Waals surface area contributed by atoms with Crippen molar-refractivity contribution in [1.82, 2.24) is 10.3 Å². The van der Waals surface area contributed by atoms with Crippen molar-refractivity contribution in [2.24, 2.45) is 0 Å². The molecule has 0 spiro atoms. The summed E-state index contributed by atoms with van der Waals surface area (Å²) in [6.45, 7) is 4.97. The van der Waals surface area contributed by atoms with Crippen molar-refractivity contribution in [1.29, 1.82) is 0 Å². The summed E-state index contributed by atoms with van der Waals surface area (Å²) in [4.78, 5) is 15.3. The van der Waals surface area contributed by atoms with E-state index in [1.807, 2.05) is 0 Å². The quantitative estimate of drug-likeness (QED) is 0.886. The zero-order valence-corrected chi connectivity index (χ0v) is 13.3. The van der Waals surface area contributed by atoms with Crippen LogP contribution >= 0.6 is 0 Å². The summed E-state index contributed by atoms with van der Waals surface area (Å²) in [5.41, 5.74) is 1.59. The smallest absolute Gasteiger partial charge is 0.268 e. The highest BCUT2D eigenvalue weighted by molar-refractivity contribution is 7.94. The number of fused-ring (bicyclic) bond motifs is 1. The Morgan fingerprint density at radius 3 is 2.68 bits per heavy atom. The highest BCUT2D eigenvalue weighted by Gasteiger charge is 2.54. The molecule has 1 unspecified atom stereocenters. The first-order valence-electron chi connectivity index (χ1n) is 6.94. The van der Waals surface area contributed by atoms with E-state index in [1.54, 1.807) is 26.8 Å². The summed E-state index contributed by atoms with van der Waals surface area (Å²) in [6, 6.07) is 3.86. The van der Waals surface area contributed by atoms with Gasteiger partial charge in [0, 0.05) is 10.9 Å². The number of hydrogen-bond acceptors (Lipinski definition) is 3. The summed E-state index contributed by atoms with van der Waals surface area (Å²) < 4.78 is 35.7. The molecule has 118 valence electrons. The predicted molar refractivity (Wildman–Crippen MR) is 82.1 cm³/mol. The number of halogens is 1. The van der Waals surface area contributed by atoms with Gasteiger partial charge in [0.05, 0.1) is 16.5 Å². The average molecular weight is 324 g/mol. The molecule has 1 aromatic carbocycles. The number of nitrogens with one attached hydrogen (secondary N) is 2. The number of aromatic amines is 1. The summed E-state index contributed by atoms with van der Waals surface area (Å²) in [6.07, 6.45) is 0. The van der Waals surface area contributed by atoms with E-state index in [1.165, 1.54) is 12.1 Å². The lowest BCUT2D eigenvalue weighted by Crippen LogP contribution is -2.66. The van der Waals surface area contributed by atoms with Crippen molar-refractivity contribution in [3.8, 4) is 0 Å². The molecule has 1 amide bonds. The fourth-order valence-electron chi connectivity index (χ4n) is 2.74. The lowest BCUT2D eigenvalue weighted by atomic mass is 10.0. The molecule has 2 N–H and O–H groups in total. The number of aryl methyl sites for hydroxylation is 1. The van der Waals surface area contributed by atoms with E-state index in [-0.39, 0.29) is 17.5 Å². The van der Waals surface area contributed by atoms with Crippen LogP contribution in [0.4, 0.5) is 4.39 Å². The second-order valence-corrected chi connectivity index (χ2v) is 8.84. The zero-order valence-electron chi connectivity index (χ0n) is 12.5. The van der Waals surface area contributed by atoms with Crippen LogP contribution in [-0.4, -0.2) is 35.9 Å². The Hall–Kier alpha value is -1.89. The highest BCUT2D eigenvalue weighted by Crippen LogP contribution is 2.34. The minimum absolute atomic E-state index is 0.0559. The van der Waals surface area contributed by atoms with Crippen LogP contribution in [-0.2, 0) is 9.84 Å². The Kier molecular flexibility index (Phi) is 3.11. The Balaban J connectivity index is 1.89. The van der Waals surface area contributed by atoms with Gasteiger partial charge in [-0.25, -0.2) is 12.8 Å². The van der Waals surface area contributed by atoms with Gasteiger partial charge in [-0.05, 0) is 44.5 Å². The van der Waals surface area contributed by atoms with E-state index in [4.69, 9.17) is 0 Å². The first-order valence-corrected chi connectivity index (χ1v) is 8.60. The molecule has 1 atom stereocenters. The largest absolute Gasteiger partial charge is 0.350 e. The first kappa shape index (κ1) is 15.0. The number of aromatic nitrogens is 1. The van der Waals surface area contributed by atoms with Gasteiger partial charge in [-0.3, -0.25) is 4.79 Å². The highest BCUT2D eigenvalue weighted by atomic mass is 32.2. The van der Waals surface area contributed by atoms with Crippen LogP contribution in [0.3, 0.4) is 0 Å². The minimum atomic E-state index is -3.15. The van der Waals surface area contributed by atoms with Crippen molar-refractivity contribution < 1.29 is 17.6 Å². The molecular weight excluding hydrogens is 307 g/mol. The molecule has 0 saturated carbocycles. The van der Waals surface area contributed by atoms with Crippen molar-refractivity contribution in [2.75, 3.05) is 5.75 Å². The van der Waals surface area contributed by atoms with Crippen LogP contribution in [0.15, 0.2) is 18.2 Å². The van der Waals surface area contributed by atoms with Gasteiger partial charge in [-0.1, -0.05) is 0 Å². The van der Waals surface area contributed by atoms with Crippen LogP contribution in [0.2, 0.25) is 0 Å². The Bertz CT molecular complexity index is 884.